The van der Waals surface area contributed by atoms with Gasteiger partial charge in [0.1, 0.15) is 5.82 Å². The molecule has 0 atom stereocenters. The lowest BCUT2D eigenvalue weighted by atomic mass is 10.2. The van der Waals surface area contributed by atoms with Gasteiger partial charge in [-0.25, -0.2) is 9.37 Å². The summed E-state index contributed by atoms with van der Waals surface area (Å²) in [7, 11) is 3.79. The predicted molar refractivity (Wildman–Crippen MR) is 66.5 cm³/mol. The maximum Gasteiger partial charge on any atom is 0.172 e. The van der Waals surface area contributed by atoms with Gasteiger partial charge in [0.15, 0.2) is 5.16 Å². The van der Waals surface area contributed by atoms with Crippen molar-refractivity contribution in [2.45, 2.75) is 16.6 Å². The fourth-order valence-corrected chi connectivity index (χ4v) is 2.44. The normalized spacial score (nSPS) is 10.8. The fourth-order valence-electron chi connectivity index (χ4n) is 1.52. The lowest BCUT2D eigenvalue weighted by Gasteiger charge is -2.08. The van der Waals surface area contributed by atoms with Crippen LogP contribution >= 0.6 is 11.8 Å². The van der Waals surface area contributed by atoms with E-state index >= 15 is 0 Å². The zero-order chi connectivity index (χ0) is 12.3. The number of halogens is 1. The zero-order valence-corrected chi connectivity index (χ0v) is 10.6. The molecule has 1 heterocycles. The highest BCUT2D eigenvalue weighted by molar-refractivity contribution is 7.99. The van der Waals surface area contributed by atoms with E-state index in [1.165, 1.54) is 6.07 Å². The van der Waals surface area contributed by atoms with Crippen molar-refractivity contribution < 1.29 is 4.39 Å². The van der Waals surface area contributed by atoms with Crippen molar-refractivity contribution >= 4 is 11.8 Å². The Labute approximate surface area is 104 Å². The Morgan fingerprint density at radius 1 is 1.47 bits per heavy atom. The summed E-state index contributed by atoms with van der Waals surface area (Å²) in [5.74, 6) is -0.209. The summed E-state index contributed by atoms with van der Waals surface area (Å²) in [5.41, 5.74) is 0.945. The van der Waals surface area contributed by atoms with Crippen LogP contribution in [0.5, 0.6) is 0 Å². The van der Waals surface area contributed by atoms with Crippen LogP contribution in [0.1, 0.15) is 5.56 Å². The molecule has 3 nitrogen and oxygen atoms in total. The van der Waals surface area contributed by atoms with Gasteiger partial charge >= 0.3 is 0 Å². The molecule has 90 valence electrons. The molecule has 0 bridgehead atoms. The topological polar surface area (TPSA) is 29.9 Å². The molecule has 1 N–H and O–H groups in total. The van der Waals surface area contributed by atoms with E-state index in [0.29, 0.717) is 6.54 Å². The van der Waals surface area contributed by atoms with Crippen LogP contribution in [-0.2, 0) is 13.6 Å². The first-order valence-electron chi connectivity index (χ1n) is 5.29. The van der Waals surface area contributed by atoms with E-state index in [0.717, 1.165) is 15.6 Å². The Kier molecular flexibility index (Phi) is 3.81. The van der Waals surface area contributed by atoms with Gasteiger partial charge in [0.2, 0.25) is 0 Å². The van der Waals surface area contributed by atoms with E-state index in [4.69, 9.17) is 0 Å². The van der Waals surface area contributed by atoms with Gasteiger partial charge in [-0.2, -0.15) is 0 Å². The van der Waals surface area contributed by atoms with Crippen LogP contribution in [0.25, 0.3) is 0 Å². The smallest absolute Gasteiger partial charge is 0.172 e. The van der Waals surface area contributed by atoms with Gasteiger partial charge in [-0.1, -0.05) is 11.8 Å². The Balaban J connectivity index is 2.29. The molecule has 0 amide bonds. The summed E-state index contributed by atoms with van der Waals surface area (Å²) in [5, 5.41) is 3.94. The van der Waals surface area contributed by atoms with Crippen molar-refractivity contribution in [3.8, 4) is 0 Å². The molecule has 0 spiro atoms. The second kappa shape index (κ2) is 5.33. The SMILES string of the molecule is CNCc1cc(F)ccc1Sc1nccn1C. The van der Waals surface area contributed by atoms with Crippen LogP contribution in [0.15, 0.2) is 40.6 Å². The molecule has 0 aliphatic carbocycles. The first kappa shape index (κ1) is 12.1. The third kappa shape index (κ3) is 2.87. The van der Waals surface area contributed by atoms with Crippen LogP contribution in [0.3, 0.4) is 0 Å². The van der Waals surface area contributed by atoms with E-state index in [2.05, 4.69) is 10.3 Å². The van der Waals surface area contributed by atoms with Gasteiger partial charge in [-0.05, 0) is 30.8 Å². The maximum atomic E-state index is 13.2. The molecule has 2 aromatic rings. The molecule has 1 aromatic heterocycles. The van der Waals surface area contributed by atoms with Crippen LogP contribution in [-0.4, -0.2) is 16.6 Å². The first-order chi connectivity index (χ1) is 8.20. The van der Waals surface area contributed by atoms with Crippen LogP contribution in [0, 0.1) is 5.82 Å². The third-order valence-corrected chi connectivity index (χ3v) is 3.56. The molecule has 0 saturated carbocycles. The second-order valence-electron chi connectivity index (χ2n) is 3.71. The molecule has 0 radical (unpaired) electrons. The molecule has 0 saturated heterocycles. The quantitative estimate of drug-likeness (QED) is 0.905. The van der Waals surface area contributed by atoms with Crippen LogP contribution in [0.2, 0.25) is 0 Å². The summed E-state index contributed by atoms with van der Waals surface area (Å²) in [6, 6.07) is 4.83. The molecule has 0 aliphatic rings. The molecular weight excluding hydrogens is 237 g/mol. The molecule has 5 heteroatoms. The monoisotopic (exact) mass is 251 g/mol. The van der Waals surface area contributed by atoms with Crippen molar-refractivity contribution in [1.82, 2.24) is 14.9 Å². The second-order valence-corrected chi connectivity index (χ2v) is 4.71. The number of hydrogen-bond acceptors (Lipinski definition) is 3. The molecule has 0 fully saturated rings. The number of rotatable bonds is 4. The average Bonchev–Trinajstić information content (AvgIpc) is 2.69. The van der Waals surface area contributed by atoms with Gasteiger partial charge in [0, 0.05) is 30.9 Å². The van der Waals surface area contributed by atoms with E-state index in [9.17, 15) is 4.39 Å². The first-order valence-corrected chi connectivity index (χ1v) is 6.10. The van der Waals surface area contributed by atoms with E-state index in [1.54, 1.807) is 30.1 Å². The summed E-state index contributed by atoms with van der Waals surface area (Å²) < 4.78 is 15.1. The summed E-state index contributed by atoms with van der Waals surface area (Å²) in [6.45, 7) is 0.643. The predicted octanol–water partition coefficient (Wildman–Crippen LogP) is 2.43. The molecule has 1 aromatic carbocycles. The van der Waals surface area contributed by atoms with Crippen molar-refractivity contribution in [3.05, 3.63) is 42.0 Å². The van der Waals surface area contributed by atoms with Crippen molar-refractivity contribution in [3.63, 3.8) is 0 Å². The largest absolute Gasteiger partial charge is 0.329 e. The average molecular weight is 251 g/mol. The Hall–Kier alpha value is -1.33. The maximum absolute atomic E-state index is 13.2. The minimum absolute atomic E-state index is 0.209. The van der Waals surface area contributed by atoms with Gasteiger partial charge in [-0.15, -0.1) is 0 Å². The molecule has 2 rings (SSSR count). The summed E-state index contributed by atoms with van der Waals surface area (Å²) in [6.07, 6.45) is 3.65. The highest BCUT2D eigenvalue weighted by Crippen LogP contribution is 2.29. The van der Waals surface area contributed by atoms with Crippen molar-refractivity contribution in [2.75, 3.05) is 7.05 Å². The van der Waals surface area contributed by atoms with Gasteiger partial charge in [-0.3, -0.25) is 0 Å². The van der Waals surface area contributed by atoms with Gasteiger partial charge in [0.25, 0.3) is 0 Å². The molecule has 0 aliphatic heterocycles. The van der Waals surface area contributed by atoms with Crippen LogP contribution in [0.4, 0.5) is 4.39 Å². The highest BCUT2D eigenvalue weighted by atomic mass is 32.2. The van der Waals surface area contributed by atoms with Crippen molar-refractivity contribution in [2.24, 2.45) is 7.05 Å². The zero-order valence-electron chi connectivity index (χ0n) is 9.77. The molecular formula is C12H14FN3S. The summed E-state index contributed by atoms with van der Waals surface area (Å²) >= 11 is 1.54. The van der Waals surface area contributed by atoms with Crippen molar-refractivity contribution in [1.29, 1.82) is 0 Å². The van der Waals surface area contributed by atoms with E-state index in [-0.39, 0.29) is 5.82 Å². The fraction of sp³-hybridized carbons (Fsp3) is 0.250. The Bertz CT molecular complexity index is 510. The number of nitrogens with zero attached hydrogens (tertiary/aromatic N) is 2. The van der Waals surface area contributed by atoms with E-state index in [1.807, 2.05) is 24.9 Å². The van der Waals surface area contributed by atoms with Crippen LogP contribution < -0.4 is 5.32 Å². The standard InChI is InChI=1S/C12H14FN3S/c1-14-8-9-7-10(13)3-4-11(9)17-12-15-5-6-16(12)2/h3-7,14H,8H2,1-2H3. The van der Waals surface area contributed by atoms with E-state index < -0.39 is 0 Å². The number of imidazole rings is 1. The number of aromatic nitrogens is 2. The summed E-state index contributed by atoms with van der Waals surface area (Å²) in [4.78, 5) is 5.27. The minimum atomic E-state index is -0.209. The lowest BCUT2D eigenvalue weighted by molar-refractivity contribution is 0.621. The Morgan fingerprint density at radius 3 is 2.94 bits per heavy atom. The minimum Gasteiger partial charge on any atom is -0.329 e. The number of hydrogen-bond donors (Lipinski definition) is 1. The highest BCUT2D eigenvalue weighted by Gasteiger charge is 2.08. The number of benzene rings is 1. The molecule has 0 unspecified atom stereocenters. The number of aryl methyl sites for hydroxylation is 1. The third-order valence-electron chi connectivity index (χ3n) is 2.37. The van der Waals surface area contributed by atoms with Gasteiger partial charge < -0.3 is 9.88 Å². The molecule has 17 heavy (non-hydrogen) atoms. The number of nitrogens with one attached hydrogen (secondary N) is 1. The van der Waals surface area contributed by atoms with Gasteiger partial charge in [0.05, 0.1) is 0 Å². The lowest BCUT2D eigenvalue weighted by Crippen LogP contribution is -2.06. The Morgan fingerprint density at radius 2 is 2.29 bits per heavy atom.